The van der Waals surface area contributed by atoms with E-state index in [0.717, 1.165) is 6.54 Å². The van der Waals surface area contributed by atoms with E-state index >= 15 is 0 Å². The molecule has 0 spiro atoms. The summed E-state index contributed by atoms with van der Waals surface area (Å²) in [7, 11) is 6.10. The van der Waals surface area contributed by atoms with Gasteiger partial charge in [-0.15, -0.1) is 0 Å². The molecule has 1 aromatic heterocycles. The Morgan fingerprint density at radius 3 is 2.68 bits per heavy atom. The standard InChI is InChI=1S/C15H22N4/c1-5-19-11-13(10-17-19)15(16-2)12-7-6-8-14(9-12)18(3)4/h6-11,15-16H,5H2,1-4H3. The summed E-state index contributed by atoms with van der Waals surface area (Å²) in [5.41, 5.74) is 3.66. The van der Waals surface area contributed by atoms with E-state index in [1.54, 1.807) is 0 Å². The fraction of sp³-hybridized carbons (Fsp3) is 0.400. The molecule has 0 amide bonds. The monoisotopic (exact) mass is 258 g/mol. The van der Waals surface area contributed by atoms with Crippen molar-refractivity contribution in [1.29, 1.82) is 0 Å². The van der Waals surface area contributed by atoms with Crippen LogP contribution in [0.15, 0.2) is 36.7 Å². The summed E-state index contributed by atoms with van der Waals surface area (Å²) < 4.78 is 1.95. The van der Waals surface area contributed by atoms with Crippen molar-refractivity contribution in [3.8, 4) is 0 Å². The minimum Gasteiger partial charge on any atom is -0.378 e. The van der Waals surface area contributed by atoms with Crippen molar-refractivity contribution in [3.05, 3.63) is 47.8 Å². The van der Waals surface area contributed by atoms with Gasteiger partial charge in [-0.1, -0.05) is 12.1 Å². The molecule has 1 atom stereocenters. The van der Waals surface area contributed by atoms with Crippen LogP contribution in [0.2, 0.25) is 0 Å². The van der Waals surface area contributed by atoms with Crippen LogP contribution in [0.1, 0.15) is 24.1 Å². The first-order chi connectivity index (χ1) is 9.15. The summed E-state index contributed by atoms with van der Waals surface area (Å²) in [6.07, 6.45) is 4.04. The number of nitrogens with one attached hydrogen (secondary N) is 1. The topological polar surface area (TPSA) is 33.1 Å². The molecule has 0 saturated heterocycles. The maximum Gasteiger partial charge on any atom is 0.0606 e. The van der Waals surface area contributed by atoms with Crippen LogP contribution in [-0.4, -0.2) is 30.9 Å². The van der Waals surface area contributed by atoms with E-state index in [1.165, 1.54) is 16.8 Å². The highest BCUT2D eigenvalue weighted by Crippen LogP contribution is 2.24. The molecule has 0 bridgehead atoms. The molecule has 1 heterocycles. The Kier molecular flexibility index (Phi) is 4.22. The molecule has 0 aliphatic rings. The first kappa shape index (κ1) is 13.6. The Hall–Kier alpha value is -1.81. The second-order valence-corrected chi connectivity index (χ2v) is 4.84. The van der Waals surface area contributed by atoms with Crippen molar-refractivity contribution in [1.82, 2.24) is 15.1 Å². The van der Waals surface area contributed by atoms with Crippen LogP contribution in [-0.2, 0) is 6.54 Å². The van der Waals surface area contributed by atoms with E-state index in [4.69, 9.17) is 0 Å². The van der Waals surface area contributed by atoms with Crippen LogP contribution in [0.3, 0.4) is 0 Å². The second kappa shape index (κ2) is 5.89. The number of aryl methyl sites for hydroxylation is 1. The Morgan fingerprint density at radius 1 is 1.32 bits per heavy atom. The molecular weight excluding hydrogens is 236 g/mol. The third-order valence-electron chi connectivity index (χ3n) is 3.32. The van der Waals surface area contributed by atoms with Gasteiger partial charge in [0, 0.05) is 38.1 Å². The molecule has 2 rings (SSSR count). The highest BCUT2D eigenvalue weighted by Gasteiger charge is 2.14. The second-order valence-electron chi connectivity index (χ2n) is 4.84. The molecule has 0 aliphatic heterocycles. The van der Waals surface area contributed by atoms with E-state index in [2.05, 4.69) is 66.8 Å². The van der Waals surface area contributed by atoms with Gasteiger partial charge in [0.05, 0.1) is 12.2 Å². The fourth-order valence-corrected chi connectivity index (χ4v) is 2.21. The molecule has 4 nitrogen and oxygen atoms in total. The minimum atomic E-state index is 0.181. The highest BCUT2D eigenvalue weighted by atomic mass is 15.3. The number of rotatable bonds is 5. The Labute approximate surface area is 115 Å². The van der Waals surface area contributed by atoms with Gasteiger partial charge in [0.2, 0.25) is 0 Å². The summed E-state index contributed by atoms with van der Waals surface area (Å²) in [6, 6.07) is 8.76. The number of nitrogens with zero attached hydrogens (tertiary/aromatic N) is 3. The van der Waals surface area contributed by atoms with Gasteiger partial charge in [0.15, 0.2) is 0 Å². The largest absolute Gasteiger partial charge is 0.378 e. The van der Waals surface area contributed by atoms with Crippen molar-refractivity contribution >= 4 is 5.69 Å². The SMILES string of the molecule is CCn1cc(C(NC)c2cccc(N(C)C)c2)cn1. The Bertz CT molecular complexity index is 530. The van der Waals surface area contributed by atoms with Crippen LogP contribution < -0.4 is 10.2 Å². The zero-order chi connectivity index (χ0) is 13.8. The molecule has 1 aromatic carbocycles. The number of aromatic nitrogens is 2. The van der Waals surface area contributed by atoms with Crippen LogP contribution in [0.25, 0.3) is 0 Å². The van der Waals surface area contributed by atoms with Gasteiger partial charge in [-0.25, -0.2) is 0 Å². The molecule has 1 N–H and O–H groups in total. The molecular formula is C15H22N4. The van der Waals surface area contributed by atoms with E-state index in [-0.39, 0.29) is 6.04 Å². The van der Waals surface area contributed by atoms with Crippen LogP contribution in [0, 0.1) is 0 Å². The maximum absolute atomic E-state index is 4.35. The van der Waals surface area contributed by atoms with Gasteiger partial charge in [-0.2, -0.15) is 5.10 Å². The zero-order valence-electron chi connectivity index (χ0n) is 12.1. The van der Waals surface area contributed by atoms with Gasteiger partial charge in [-0.3, -0.25) is 4.68 Å². The fourth-order valence-electron chi connectivity index (χ4n) is 2.21. The van der Waals surface area contributed by atoms with Crippen LogP contribution in [0.4, 0.5) is 5.69 Å². The summed E-state index contributed by atoms with van der Waals surface area (Å²) in [6.45, 7) is 2.99. The van der Waals surface area contributed by atoms with Crippen molar-refractivity contribution < 1.29 is 0 Å². The summed E-state index contributed by atoms with van der Waals surface area (Å²) in [5.74, 6) is 0. The molecule has 4 heteroatoms. The zero-order valence-corrected chi connectivity index (χ0v) is 12.1. The minimum absolute atomic E-state index is 0.181. The summed E-state index contributed by atoms with van der Waals surface area (Å²) in [5, 5.41) is 7.72. The Morgan fingerprint density at radius 2 is 2.11 bits per heavy atom. The number of hydrogen-bond acceptors (Lipinski definition) is 3. The average molecular weight is 258 g/mol. The summed E-state index contributed by atoms with van der Waals surface area (Å²) in [4.78, 5) is 2.12. The lowest BCUT2D eigenvalue weighted by Gasteiger charge is -2.18. The van der Waals surface area contributed by atoms with Crippen molar-refractivity contribution in [2.24, 2.45) is 0 Å². The molecule has 1 unspecified atom stereocenters. The van der Waals surface area contributed by atoms with Gasteiger partial charge < -0.3 is 10.2 Å². The maximum atomic E-state index is 4.35. The number of anilines is 1. The van der Waals surface area contributed by atoms with E-state index in [0.29, 0.717) is 0 Å². The van der Waals surface area contributed by atoms with Crippen molar-refractivity contribution in [2.75, 3.05) is 26.0 Å². The normalized spacial score (nSPS) is 12.4. The molecule has 19 heavy (non-hydrogen) atoms. The predicted molar refractivity (Wildman–Crippen MR) is 79.6 cm³/mol. The van der Waals surface area contributed by atoms with Gasteiger partial charge in [-0.05, 0) is 31.7 Å². The first-order valence-electron chi connectivity index (χ1n) is 6.62. The van der Waals surface area contributed by atoms with Crippen LogP contribution >= 0.6 is 0 Å². The van der Waals surface area contributed by atoms with E-state index < -0.39 is 0 Å². The number of benzene rings is 1. The lowest BCUT2D eigenvalue weighted by atomic mass is 10.0. The lowest BCUT2D eigenvalue weighted by molar-refractivity contribution is 0.653. The smallest absolute Gasteiger partial charge is 0.0606 e. The third kappa shape index (κ3) is 2.96. The van der Waals surface area contributed by atoms with Gasteiger partial charge >= 0.3 is 0 Å². The molecule has 102 valence electrons. The molecule has 0 fully saturated rings. The van der Waals surface area contributed by atoms with E-state index in [1.807, 2.05) is 17.9 Å². The van der Waals surface area contributed by atoms with Crippen LogP contribution in [0.5, 0.6) is 0 Å². The molecule has 0 radical (unpaired) electrons. The molecule has 0 saturated carbocycles. The van der Waals surface area contributed by atoms with E-state index in [9.17, 15) is 0 Å². The predicted octanol–water partition coefficient (Wildman–Crippen LogP) is 2.28. The molecule has 0 aliphatic carbocycles. The van der Waals surface area contributed by atoms with Crippen molar-refractivity contribution in [2.45, 2.75) is 19.5 Å². The first-order valence-corrected chi connectivity index (χ1v) is 6.62. The number of hydrogen-bond donors (Lipinski definition) is 1. The van der Waals surface area contributed by atoms with Gasteiger partial charge in [0.25, 0.3) is 0 Å². The lowest BCUT2D eigenvalue weighted by Crippen LogP contribution is -2.18. The Balaban J connectivity index is 2.33. The van der Waals surface area contributed by atoms with Gasteiger partial charge in [0.1, 0.15) is 0 Å². The quantitative estimate of drug-likeness (QED) is 0.893. The summed E-state index contributed by atoms with van der Waals surface area (Å²) >= 11 is 0. The highest BCUT2D eigenvalue weighted by molar-refractivity contribution is 5.49. The third-order valence-corrected chi connectivity index (χ3v) is 3.32. The van der Waals surface area contributed by atoms with Crippen molar-refractivity contribution in [3.63, 3.8) is 0 Å². The molecule has 2 aromatic rings. The average Bonchev–Trinajstić information content (AvgIpc) is 2.89.